The van der Waals surface area contributed by atoms with Crippen molar-refractivity contribution in [3.8, 4) is 0 Å². The van der Waals surface area contributed by atoms with Gasteiger partial charge in [0.2, 0.25) is 10.0 Å². The second-order valence-electron chi connectivity index (χ2n) is 7.22. The van der Waals surface area contributed by atoms with Crippen molar-refractivity contribution in [2.75, 3.05) is 6.54 Å². The number of rotatable bonds is 8. The van der Waals surface area contributed by atoms with E-state index >= 15 is 0 Å². The fraction of sp³-hybridized carbons (Fsp3) is 0.286. The molecule has 1 aromatic heterocycles. The Kier molecular flexibility index (Phi) is 5.63. The van der Waals surface area contributed by atoms with Crippen LogP contribution in [-0.4, -0.2) is 31.5 Å². The van der Waals surface area contributed by atoms with Gasteiger partial charge in [-0.1, -0.05) is 29.8 Å². The predicted octanol–water partition coefficient (Wildman–Crippen LogP) is 3.56. The Labute approximate surface area is 174 Å². The molecular weight excluding hydrogens is 410 g/mol. The first-order valence-electron chi connectivity index (χ1n) is 9.58. The first kappa shape index (κ1) is 19.9. The van der Waals surface area contributed by atoms with Crippen molar-refractivity contribution in [1.29, 1.82) is 0 Å². The molecule has 0 aliphatic heterocycles. The maximum absolute atomic E-state index is 12.5. The number of nitrogens with one attached hydrogen (secondary N) is 2. The minimum Gasteiger partial charge on any atom is -0.352 e. The van der Waals surface area contributed by atoms with Crippen molar-refractivity contribution in [1.82, 2.24) is 14.6 Å². The number of carbonyl (C=O) groups excluding carboxylic acids is 1. The summed E-state index contributed by atoms with van der Waals surface area (Å²) in [6, 6.07) is 14.5. The largest absolute Gasteiger partial charge is 0.352 e. The van der Waals surface area contributed by atoms with E-state index in [9.17, 15) is 13.2 Å². The number of nitrogens with zero attached hydrogens (tertiary/aromatic N) is 1. The van der Waals surface area contributed by atoms with Crippen LogP contribution in [0.15, 0.2) is 59.6 Å². The lowest BCUT2D eigenvalue weighted by atomic mass is 10.2. The van der Waals surface area contributed by atoms with Crippen LogP contribution in [0.1, 0.15) is 29.6 Å². The Bertz CT molecular complexity index is 1150. The molecule has 152 valence electrons. The smallest absolute Gasteiger partial charge is 0.251 e. The average molecular weight is 432 g/mol. The van der Waals surface area contributed by atoms with Gasteiger partial charge in [-0.25, -0.2) is 13.1 Å². The Morgan fingerprint density at radius 3 is 2.72 bits per heavy atom. The van der Waals surface area contributed by atoms with Crippen LogP contribution in [0.25, 0.3) is 10.9 Å². The van der Waals surface area contributed by atoms with Crippen molar-refractivity contribution in [3.63, 3.8) is 0 Å². The van der Waals surface area contributed by atoms with Crippen molar-refractivity contribution in [2.24, 2.45) is 0 Å². The van der Waals surface area contributed by atoms with E-state index in [2.05, 4.69) is 32.8 Å². The van der Waals surface area contributed by atoms with Gasteiger partial charge in [-0.05, 0) is 55.0 Å². The standard InChI is InChI=1S/C21H22ClN3O3S/c22-18-9-6-16(14-20(18)29(27,28)24-17-7-8-17)21(26)23-11-3-12-25-13-10-15-4-1-2-5-19(15)25/h1-2,4-6,9-10,13-14,17,24H,3,7-8,11-12H2,(H,23,26). The molecule has 0 saturated heterocycles. The van der Waals surface area contributed by atoms with E-state index in [-0.39, 0.29) is 27.4 Å². The topological polar surface area (TPSA) is 80.2 Å². The summed E-state index contributed by atoms with van der Waals surface area (Å²) in [4.78, 5) is 12.4. The van der Waals surface area contributed by atoms with Gasteiger partial charge in [0.25, 0.3) is 5.91 Å². The molecule has 6 nitrogen and oxygen atoms in total. The van der Waals surface area contributed by atoms with Crippen LogP contribution in [0.5, 0.6) is 0 Å². The highest BCUT2D eigenvalue weighted by Crippen LogP contribution is 2.27. The molecule has 29 heavy (non-hydrogen) atoms. The molecule has 0 radical (unpaired) electrons. The summed E-state index contributed by atoms with van der Waals surface area (Å²) in [5.74, 6) is -0.318. The zero-order valence-electron chi connectivity index (χ0n) is 15.8. The maximum Gasteiger partial charge on any atom is 0.251 e. The van der Waals surface area contributed by atoms with E-state index in [1.165, 1.54) is 23.6 Å². The summed E-state index contributed by atoms with van der Waals surface area (Å²) in [6.45, 7) is 1.26. The number of carbonyl (C=O) groups is 1. The van der Waals surface area contributed by atoms with Crippen molar-refractivity contribution < 1.29 is 13.2 Å². The van der Waals surface area contributed by atoms with Gasteiger partial charge in [-0.3, -0.25) is 4.79 Å². The lowest BCUT2D eigenvalue weighted by Crippen LogP contribution is -2.28. The molecule has 1 heterocycles. The number of aryl methyl sites for hydroxylation is 1. The third-order valence-electron chi connectivity index (χ3n) is 4.92. The van der Waals surface area contributed by atoms with Gasteiger partial charge in [0, 0.05) is 36.4 Å². The quantitative estimate of drug-likeness (QED) is 0.535. The van der Waals surface area contributed by atoms with Crippen LogP contribution < -0.4 is 10.0 Å². The van der Waals surface area contributed by atoms with E-state index < -0.39 is 10.0 Å². The number of halogens is 1. The number of hydrogen-bond donors (Lipinski definition) is 2. The van der Waals surface area contributed by atoms with Gasteiger partial charge in [0.15, 0.2) is 0 Å². The molecule has 8 heteroatoms. The Balaban J connectivity index is 1.36. The fourth-order valence-electron chi connectivity index (χ4n) is 3.22. The van der Waals surface area contributed by atoms with Crippen LogP contribution in [0.3, 0.4) is 0 Å². The molecule has 0 unspecified atom stereocenters. The van der Waals surface area contributed by atoms with Crippen LogP contribution in [-0.2, 0) is 16.6 Å². The molecule has 0 atom stereocenters. The SMILES string of the molecule is O=C(NCCCn1ccc2ccccc21)c1ccc(Cl)c(S(=O)(=O)NC2CC2)c1. The summed E-state index contributed by atoms with van der Waals surface area (Å²) in [6.07, 6.45) is 4.45. The summed E-state index contributed by atoms with van der Waals surface area (Å²) < 4.78 is 29.6. The highest BCUT2D eigenvalue weighted by molar-refractivity contribution is 7.89. The van der Waals surface area contributed by atoms with Crippen molar-refractivity contribution in [2.45, 2.75) is 36.7 Å². The van der Waals surface area contributed by atoms with Crippen LogP contribution in [0, 0.1) is 0 Å². The normalized spacial score (nSPS) is 14.2. The van der Waals surface area contributed by atoms with Gasteiger partial charge >= 0.3 is 0 Å². The molecule has 0 spiro atoms. The highest BCUT2D eigenvalue weighted by atomic mass is 35.5. The molecule has 2 aromatic carbocycles. The van der Waals surface area contributed by atoms with Crippen molar-refractivity contribution in [3.05, 3.63) is 65.3 Å². The summed E-state index contributed by atoms with van der Waals surface area (Å²) in [5, 5.41) is 4.14. The maximum atomic E-state index is 12.5. The van der Waals surface area contributed by atoms with E-state index in [0.29, 0.717) is 6.54 Å². The molecule has 0 bridgehead atoms. The third kappa shape index (κ3) is 4.63. The van der Waals surface area contributed by atoms with Gasteiger partial charge < -0.3 is 9.88 Å². The van der Waals surface area contributed by atoms with Gasteiger partial charge in [-0.2, -0.15) is 0 Å². The van der Waals surface area contributed by atoms with Gasteiger partial charge in [-0.15, -0.1) is 0 Å². The lowest BCUT2D eigenvalue weighted by molar-refractivity contribution is 0.0952. The van der Waals surface area contributed by atoms with Gasteiger partial charge in [0.1, 0.15) is 4.90 Å². The van der Waals surface area contributed by atoms with E-state index in [4.69, 9.17) is 11.6 Å². The molecule has 1 saturated carbocycles. The Morgan fingerprint density at radius 1 is 1.14 bits per heavy atom. The second-order valence-corrected chi connectivity index (χ2v) is 9.31. The minimum absolute atomic E-state index is 0.0293. The Hall–Kier alpha value is -2.35. The number of aromatic nitrogens is 1. The first-order valence-corrected chi connectivity index (χ1v) is 11.4. The van der Waals surface area contributed by atoms with Crippen LogP contribution >= 0.6 is 11.6 Å². The second kappa shape index (κ2) is 8.18. The van der Waals surface area contributed by atoms with Crippen LogP contribution in [0.4, 0.5) is 0 Å². The summed E-state index contributed by atoms with van der Waals surface area (Å²) in [5.41, 5.74) is 1.44. The zero-order chi connectivity index (χ0) is 20.4. The molecule has 1 amide bonds. The van der Waals surface area contributed by atoms with E-state index in [1.54, 1.807) is 0 Å². The minimum atomic E-state index is -3.72. The molecule has 3 aromatic rings. The summed E-state index contributed by atoms with van der Waals surface area (Å²) in [7, 11) is -3.72. The molecular formula is C21H22ClN3O3S. The molecule has 4 rings (SSSR count). The predicted molar refractivity (Wildman–Crippen MR) is 114 cm³/mol. The monoisotopic (exact) mass is 431 g/mol. The fourth-order valence-corrected chi connectivity index (χ4v) is 5.05. The van der Waals surface area contributed by atoms with Crippen LogP contribution in [0.2, 0.25) is 5.02 Å². The number of amides is 1. The average Bonchev–Trinajstić information content (AvgIpc) is 3.41. The number of para-hydroxylation sites is 1. The highest BCUT2D eigenvalue weighted by Gasteiger charge is 2.29. The van der Waals surface area contributed by atoms with Crippen molar-refractivity contribution >= 4 is 38.4 Å². The van der Waals surface area contributed by atoms with E-state index in [0.717, 1.165) is 31.3 Å². The number of hydrogen-bond acceptors (Lipinski definition) is 3. The molecule has 1 aliphatic carbocycles. The molecule has 1 aliphatic rings. The lowest BCUT2D eigenvalue weighted by Gasteiger charge is -2.11. The number of fused-ring (bicyclic) bond motifs is 1. The number of sulfonamides is 1. The molecule has 1 fully saturated rings. The number of benzene rings is 2. The van der Waals surface area contributed by atoms with Gasteiger partial charge in [0.05, 0.1) is 5.02 Å². The first-order chi connectivity index (χ1) is 13.9. The molecule has 2 N–H and O–H groups in total. The third-order valence-corrected chi connectivity index (χ3v) is 6.93. The zero-order valence-corrected chi connectivity index (χ0v) is 17.3. The Morgan fingerprint density at radius 2 is 1.93 bits per heavy atom. The van der Waals surface area contributed by atoms with E-state index in [1.807, 2.05) is 18.3 Å². The summed E-state index contributed by atoms with van der Waals surface area (Å²) >= 11 is 6.07.